The summed E-state index contributed by atoms with van der Waals surface area (Å²) in [6.07, 6.45) is 0. The summed E-state index contributed by atoms with van der Waals surface area (Å²) >= 11 is 0. The highest BCUT2D eigenvalue weighted by molar-refractivity contribution is 7.89. The third kappa shape index (κ3) is 3.66. The summed E-state index contributed by atoms with van der Waals surface area (Å²) in [6.45, 7) is 1.86. The molecule has 1 aromatic carbocycles. The first-order valence-corrected chi connectivity index (χ1v) is 6.74. The number of benzene rings is 1. The number of methoxy groups -OCH3 is 2. The molecule has 7 heteroatoms. The molecule has 1 atom stereocenters. The van der Waals surface area contributed by atoms with Crippen LogP contribution in [-0.2, 0) is 14.8 Å². The second-order valence-corrected chi connectivity index (χ2v) is 5.46. The average molecular weight is 277 g/mol. The van der Waals surface area contributed by atoms with Gasteiger partial charge in [0.15, 0.2) is 0 Å². The Balaban J connectivity index is 3.07. The molecule has 0 heterocycles. The Hall–Kier alpha value is -1.18. The molecule has 0 saturated heterocycles. The number of hydrogen-bond acceptors (Lipinski definition) is 4. The van der Waals surface area contributed by atoms with Crippen LogP contribution >= 0.6 is 0 Å². The summed E-state index contributed by atoms with van der Waals surface area (Å²) in [5.74, 6) is -0.552. The van der Waals surface area contributed by atoms with Crippen molar-refractivity contribution in [1.29, 1.82) is 0 Å². The van der Waals surface area contributed by atoms with Gasteiger partial charge in [0, 0.05) is 13.2 Å². The first-order valence-electron chi connectivity index (χ1n) is 5.25. The van der Waals surface area contributed by atoms with E-state index in [2.05, 4.69) is 4.72 Å². The molecule has 1 N–H and O–H groups in total. The molecule has 0 bridgehead atoms. The number of halogens is 1. The van der Waals surface area contributed by atoms with Crippen molar-refractivity contribution in [1.82, 2.24) is 4.72 Å². The smallest absolute Gasteiger partial charge is 0.244 e. The van der Waals surface area contributed by atoms with Gasteiger partial charge in [0.1, 0.15) is 16.5 Å². The van der Waals surface area contributed by atoms with Crippen molar-refractivity contribution in [2.24, 2.45) is 0 Å². The Kier molecular flexibility index (Phi) is 5.06. The van der Waals surface area contributed by atoms with Gasteiger partial charge in [-0.15, -0.1) is 0 Å². The van der Waals surface area contributed by atoms with Crippen LogP contribution in [0.25, 0.3) is 0 Å². The first kappa shape index (κ1) is 14.9. The molecule has 0 amide bonds. The molecule has 1 aromatic rings. The van der Waals surface area contributed by atoms with Crippen LogP contribution in [0.3, 0.4) is 0 Å². The van der Waals surface area contributed by atoms with Crippen molar-refractivity contribution >= 4 is 10.0 Å². The number of rotatable bonds is 6. The summed E-state index contributed by atoms with van der Waals surface area (Å²) in [4.78, 5) is -0.229. The minimum atomic E-state index is -3.84. The lowest BCUT2D eigenvalue weighted by atomic mass is 10.3. The second-order valence-electron chi connectivity index (χ2n) is 3.77. The molecule has 0 aliphatic carbocycles. The average Bonchev–Trinajstić information content (AvgIpc) is 2.28. The largest absolute Gasteiger partial charge is 0.495 e. The first-order chi connectivity index (χ1) is 8.40. The lowest BCUT2D eigenvalue weighted by Crippen LogP contribution is -2.35. The van der Waals surface area contributed by atoms with E-state index in [0.29, 0.717) is 0 Å². The highest BCUT2D eigenvalue weighted by Crippen LogP contribution is 2.24. The monoisotopic (exact) mass is 277 g/mol. The van der Waals surface area contributed by atoms with Crippen molar-refractivity contribution in [3.05, 3.63) is 24.0 Å². The van der Waals surface area contributed by atoms with E-state index in [1.807, 2.05) is 0 Å². The van der Waals surface area contributed by atoms with Crippen LogP contribution in [0.15, 0.2) is 23.1 Å². The van der Waals surface area contributed by atoms with Gasteiger partial charge in [0.05, 0.1) is 13.7 Å². The van der Waals surface area contributed by atoms with Crippen LogP contribution in [-0.4, -0.2) is 35.3 Å². The van der Waals surface area contributed by atoms with Crippen molar-refractivity contribution in [3.8, 4) is 5.75 Å². The fraction of sp³-hybridized carbons (Fsp3) is 0.455. The zero-order valence-corrected chi connectivity index (χ0v) is 11.3. The van der Waals surface area contributed by atoms with Gasteiger partial charge in [-0.2, -0.15) is 0 Å². The van der Waals surface area contributed by atoms with Crippen molar-refractivity contribution in [3.63, 3.8) is 0 Å². The van der Waals surface area contributed by atoms with Gasteiger partial charge in [-0.3, -0.25) is 0 Å². The molecular weight excluding hydrogens is 261 g/mol. The highest BCUT2D eigenvalue weighted by atomic mass is 32.2. The van der Waals surface area contributed by atoms with E-state index in [0.717, 1.165) is 12.1 Å². The molecule has 102 valence electrons. The van der Waals surface area contributed by atoms with Gasteiger partial charge in [-0.25, -0.2) is 17.5 Å². The van der Waals surface area contributed by atoms with Gasteiger partial charge in [0.2, 0.25) is 10.0 Å². The standard InChI is InChI=1S/C11H16FNO4S/c1-8(7-16-2)13-18(14,15)11-6-9(12)4-5-10(11)17-3/h4-6,8,13H,7H2,1-3H3/t8-/m1/s1. The molecule has 0 aliphatic rings. The van der Waals surface area contributed by atoms with E-state index in [4.69, 9.17) is 9.47 Å². The highest BCUT2D eigenvalue weighted by Gasteiger charge is 2.22. The Bertz CT molecular complexity index is 504. The summed E-state index contributed by atoms with van der Waals surface area (Å²) in [6, 6.07) is 2.90. The maximum Gasteiger partial charge on any atom is 0.244 e. The Morgan fingerprint density at radius 3 is 2.61 bits per heavy atom. The summed E-state index contributed by atoms with van der Waals surface area (Å²) in [5.41, 5.74) is 0. The van der Waals surface area contributed by atoms with Gasteiger partial charge in [0.25, 0.3) is 0 Å². The Morgan fingerprint density at radius 2 is 2.06 bits per heavy atom. The molecule has 0 aliphatic heterocycles. The Morgan fingerprint density at radius 1 is 1.39 bits per heavy atom. The fourth-order valence-electron chi connectivity index (χ4n) is 1.47. The minimum absolute atomic E-state index is 0.0912. The predicted molar refractivity (Wildman–Crippen MR) is 64.6 cm³/mol. The fourth-order valence-corrected chi connectivity index (χ4v) is 2.88. The zero-order chi connectivity index (χ0) is 13.8. The molecule has 1 rings (SSSR count). The summed E-state index contributed by atoms with van der Waals surface area (Å²) in [7, 11) is -1.05. The summed E-state index contributed by atoms with van der Waals surface area (Å²) < 4.78 is 49.3. The van der Waals surface area contributed by atoms with Crippen LogP contribution in [0.4, 0.5) is 4.39 Å². The van der Waals surface area contributed by atoms with E-state index in [1.54, 1.807) is 6.92 Å². The van der Waals surface area contributed by atoms with Gasteiger partial charge in [-0.1, -0.05) is 0 Å². The Labute approximate surface area is 106 Å². The topological polar surface area (TPSA) is 64.6 Å². The van der Waals surface area contributed by atoms with E-state index in [-0.39, 0.29) is 17.3 Å². The molecule has 0 radical (unpaired) electrons. The molecule has 18 heavy (non-hydrogen) atoms. The molecule has 0 unspecified atom stereocenters. The lowest BCUT2D eigenvalue weighted by Gasteiger charge is -2.15. The molecule has 5 nitrogen and oxygen atoms in total. The van der Waals surface area contributed by atoms with Crippen LogP contribution in [0.2, 0.25) is 0 Å². The van der Waals surface area contributed by atoms with Crippen LogP contribution in [0, 0.1) is 5.82 Å². The summed E-state index contributed by atoms with van der Waals surface area (Å²) in [5, 5.41) is 0. The normalized spacial score (nSPS) is 13.3. The number of hydrogen-bond donors (Lipinski definition) is 1. The number of ether oxygens (including phenoxy) is 2. The molecule has 0 saturated carbocycles. The van der Waals surface area contributed by atoms with Crippen LogP contribution in [0.5, 0.6) is 5.75 Å². The van der Waals surface area contributed by atoms with Crippen LogP contribution < -0.4 is 9.46 Å². The molecule has 0 aromatic heterocycles. The quantitative estimate of drug-likeness (QED) is 0.847. The SMILES string of the molecule is COC[C@@H](C)NS(=O)(=O)c1cc(F)ccc1OC. The maximum absolute atomic E-state index is 13.1. The van der Waals surface area contributed by atoms with Crippen molar-refractivity contribution in [2.45, 2.75) is 17.9 Å². The molecular formula is C11H16FNO4S. The number of sulfonamides is 1. The van der Waals surface area contributed by atoms with Crippen molar-refractivity contribution < 1.29 is 22.3 Å². The van der Waals surface area contributed by atoms with E-state index in [9.17, 15) is 12.8 Å². The van der Waals surface area contributed by atoms with Crippen molar-refractivity contribution in [2.75, 3.05) is 20.8 Å². The third-order valence-electron chi connectivity index (χ3n) is 2.19. The lowest BCUT2D eigenvalue weighted by molar-refractivity contribution is 0.180. The maximum atomic E-state index is 13.1. The molecule has 0 spiro atoms. The van der Waals surface area contributed by atoms with E-state index >= 15 is 0 Å². The molecule has 0 fully saturated rings. The zero-order valence-electron chi connectivity index (χ0n) is 10.4. The minimum Gasteiger partial charge on any atom is -0.495 e. The third-order valence-corrected chi connectivity index (χ3v) is 3.80. The van der Waals surface area contributed by atoms with Gasteiger partial charge >= 0.3 is 0 Å². The predicted octanol–water partition coefficient (Wildman–Crippen LogP) is 1.15. The van der Waals surface area contributed by atoms with E-state index < -0.39 is 21.9 Å². The second kappa shape index (κ2) is 6.12. The van der Waals surface area contributed by atoms with Crippen LogP contribution in [0.1, 0.15) is 6.92 Å². The van der Waals surface area contributed by atoms with Gasteiger partial charge < -0.3 is 9.47 Å². The van der Waals surface area contributed by atoms with Gasteiger partial charge in [-0.05, 0) is 25.1 Å². The number of nitrogens with one attached hydrogen (secondary N) is 1. The van der Waals surface area contributed by atoms with E-state index in [1.165, 1.54) is 20.3 Å².